The maximum absolute atomic E-state index is 12.5. The Balaban J connectivity index is 1.88. The van der Waals surface area contributed by atoms with E-state index in [1.165, 1.54) is 24.0 Å². The largest absolute Gasteiger partial charge is 0.416 e. The van der Waals surface area contributed by atoms with Gasteiger partial charge in [-0.1, -0.05) is 12.1 Å². The number of sulfone groups is 1. The van der Waals surface area contributed by atoms with Gasteiger partial charge in [0.05, 0.1) is 23.5 Å². The van der Waals surface area contributed by atoms with Gasteiger partial charge in [-0.25, -0.2) is 8.42 Å². The molecule has 2 rings (SSSR count). The molecule has 1 aliphatic rings. The molecule has 1 aromatic rings. The molecule has 1 atom stereocenters. The molecule has 0 bridgehead atoms. The summed E-state index contributed by atoms with van der Waals surface area (Å²) in [7, 11) is -3.11. The highest BCUT2D eigenvalue weighted by atomic mass is 32.2. The number of hydrogen-bond acceptors (Lipinski definition) is 4. The minimum Gasteiger partial charge on any atom is -0.344 e. The van der Waals surface area contributed by atoms with Crippen LogP contribution in [0.3, 0.4) is 0 Å². The van der Waals surface area contributed by atoms with Crippen molar-refractivity contribution in [2.45, 2.75) is 25.6 Å². The van der Waals surface area contributed by atoms with Crippen molar-refractivity contribution in [2.75, 3.05) is 24.6 Å². The number of alkyl halides is 3. The summed E-state index contributed by atoms with van der Waals surface area (Å²) in [6, 6.07) is 3.36. The molecule has 1 aliphatic heterocycles. The Bertz CT molecular complexity index is 762. The monoisotopic (exact) mass is 392 g/mol. The summed E-state index contributed by atoms with van der Waals surface area (Å²) in [6.07, 6.45) is -4.60. The van der Waals surface area contributed by atoms with Crippen molar-refractivity contribution in [1.82, 2.24) is 10.2 Å². The molecule has 1 N–H and O–H groups in total. The van der Waals surface area contributed by atoms with Crippen molar-refractivity contribution in [3.8, 4) is 0 Å². The number of hydrogen-bond donors (Lipinski definition) is 1. The standard InChI is InChI=1S/C16H19F3N2O4S/c1-11(15(23)21-6-8-26(24,25)9-7-21)20-14(22)10-12-2-4-13(5-3-12)16(17,18)19/h2-5,11H,6-10H2,1H3,(H,20,22)/t11-/m1/s1. The first-order valence-electron chi connectivity index (χ1n) is 7.93. The normalized spacial score (nSPS) is 18.2. The molecule has 1 saturated heterocycles. The highest BCUT2D eigenvalue weighted by Gasteiger charge is 2.30. The smallest absolute Gasteiger partial charge is 0.344 e. The Morgan fingerprint density at radius 3 is 2.19 bits per heavy atom. The molecule has 26 heavy (non-hydrogen) atoms. The molecule has 0 aliphatic carbocycles. The zero-order valence-electron chi connectivity index (χ0n) is 14.0. The third-order valence-corrected chi connectivity index (χ3v) is 5.66. The molecular weight excluding hydrogens is 373 g/mol. The maximum atomic E-state index is 12.5. The van der Waals surface area contributed by atoms with Crippen LogP contribution in [0.4, 0.5) is 13.2 Å². The first kappa shape index (κ1) is 20.2. The van der Waals surface area contributed by atoms with Crippen LogP contribution in [0.5, 0.6) is 0 Å². The summed E-state index contributed by atoms with van der Waals surface area (Å²) in [6.45, 7) is 1.65. The van der Waals surface area contributed by atoms with Crippen LogP contribution >= 0.6 is 0 Å². The fraction of sp³-hybridized carbons (Fsp3) is 0.500. The van der Waals surface area contributed by atoms with E-state index in [-0.39, 0.29) is 36.9 Å². The van der Waals surface area contributed by atoms with Gasteiger partial charge in [-0.05, 0) is 24.6 Å². The quantitative estimate of drug-likeness (QED) is 0.829. The molecule has 144 valence electrons. The lowest BCUT2D eigenvalue weighted by Crippen LogP contribution is -2.51. The maximum Gasteiger partial charge on any atom is 0.416 e. The van der Waals surface area contributed by atoms with Gasteiger partial charge in [0.15, 0.2) is 9.84 Å². The molecule has 0 aromatic heterocycles. The van der Waals surface area contributed by atoms with Gasteiger partial charge < -0.3 is 10.2 Å². The molecular formula is C16H19F3N2O4S. The van der Waals surface area contributed by atoms with E-state index < -0.39 is 33.5 Å². The van der Waals surface area contributed by atoms with Crippen LogP contribution in [0.25, 0.3) is 0 Å². The topological polar surface area (TPSA) is 83.6 Å². The van der Waals surface area contributed by atoms with Crippen LogP contribution in [0.2, 0.25) is 0 Å². The summed E-state index contributed by atoms with van der Waals surface area (Å²) in [5.74, 6) is -1.11. The molecule has 6 nitrogen and oxygen atoms in total. The number of amides is 2. The first-order chi connectivity index (χ1) is 12.0. The van der Waals surface area contributed by atoms with E-state index in [1.54, 1.807) is 0 Å². The summed E-state index contributed by atoms with van der Waals surface area (Å²) < 4.78 is 60.3. The van der Waals surface area contributed by atoms with Crippen molar-refractivity contribution in [1.29, 1.82) is 0 Å². The molecule has 10 heteroatoms. The van der Waals surface area contributed by atoms with Crippen molar-refractivity contribution in [3.63, 3.8) is 0 Å². The van der Waals surface area contributed by atoms with Gasteiger partial charge >= 0.3 is 6.18 Å². The van der Waals surface area contributed by atoms with E-state index in [2.05, 4.69) is 5.32 Å². The van der Waals surface area contributed by atoms with Crippen molar-refractivity contribution in [3.05, 3.63) is 35.4 Å². The average molecular weight is 392 g/mol. The average Bonchev–Trinajstić information content (AvgIpc) is 2.53. The third-order valence-electron chi connectivity index (χ3n) is 4.05. The van der Waals surface area contributed by atoms with Crippen molar-refractivity contribution >= 4 is 21.7 Å². The van der Waals surface area contributed by atoms with Gasteiger partial charge in [0, 0.05) is 13.1 Å². The zero-order valence-corrected chi connectivity index (χ0v) is 14.9. The fourth-order valence-electron chi connectivity index (χ4n) is 2.56. The van der Waals surface area contributed by atoms with E-state index in [4.69, 9.17) is 0 Å². The Morgan fingerprint density at radius 2 is 1.69 bits per heavy atom. The second-order valence-electron chi connectivity index (χ2n) is 6.14. The highest BCUT2D eigenvalue weighted by molar-refractivity contribution is 7.91. The molecule has 1 heterocycles. The number of nitrogens with one attached hydrogen (secondary N) is 1. The van der Waals surface area contributed by atoms with Crippen LogP contribution in [0, 0.1) is 0 Å². The van der Waals surface area contributed by atoms with Gasteiger partial charge in [0.2, 0.25) is 11.8 Å². The van der Waals surface area contributed by atoms with Crippen LogP contribution in [-0.4, -0.2) is 55.8 Å². The molecule has 0 radical (unpaired) electrons. The Labute approximate surface area is 149 Å². The first-order valence-corrected chi connectivity index (χ1v) is 9.75. The van der Waals surface area contributed by atoms with Crippen LogP contribution in [0.1, 0.15) is 18.1 Å². The Morgan fingerprint density at radius 1 is 1.15 bits per heavy atom. The second kappa shape index (κ2) is 7.65. The number of carbonyl (C=O) groups is 2. The van der Waals surface area contributed by atoms with Crippen LogP contribution < -0.4 is 5.32 Å². The van der Waals surface area contributed by atoms with Gasteiger partial charge in [0.25, 0.3) is 0 Å². The lowest BCUT2D eigenvalue weighted by Gasteiger charge is -2.29. The Kier molecular flexibility index (Phi) is 5.94. The molecule has 1 aromatic carbocycles. The minimum atomic E-state index is -4.44. The molecule has 0 unspecified atom stereocenters. The van der Waals surface area contributed by atoms with Gasteiger partial charge in [-0.3, -0.25) is 9.59 Å². The van der Waals surface area contributed by atoms with Crippen molar-refractivity contribution < 1.29 is 31.2 Å². The lowest BCUT2D eigenvalue weighted by molar-refractivity contribution is -0.137. The van der Waals surface area contributed by atoms with E-state index in [0.717, 1.165) is 12.1 Å². The third kappa shape index (κ3) is 5.45. The van der Waals surface area contributed by atoms with Crippen LogP contribution in [0.15, 0.2) is 24.3 Å². The van der Waals surface area contributed by atoms with E-state index in [1.807, 2.05) is 0 Å². The van der Waals surface area contributed by atoms with E-state index in [0.29, 0.717) is 5.56 Å². The van der Waals surface area contributed by atoms with E-state index >= 15 is 0 Å². The molecule has 2 amide bonds. The Hall–Kier alpha value is -2.10. The number of rotatable bonds is 4. The highest BCUT2D eigenvalue weighted by Crippen LogP contribution is 2.29. The zero-order chi connectivity index (χ0) is 19.5. The summed E-state index contributed by atoms with van der Waals surface area (Å²) in [5, 5.41) is 2.49. The molecule has 1 fully saturated rings. The second-order valence-corrected chi connectivity index (χ2v) is 8.44. The number of halogens is 3. The van der Waals surface area contributed by atoms with Gasteiger partial charge in [-0.15, -0.1) is 0 Å². The minimum absolute atomic E-state index is 0.0836. The number of nitrogens with zero attached hydrogens (tertiary/aromatic N) is 1. The molecule has 0 spiro atoms. The summed E-state index contributed by atoms with van der Waals surface area (Å²) >= 11 is 0. The number of benzene rings is 1. The lowest BCUT2D eigenvalue weighted by atomic mass is 10.1. The summed E-state index contributed by atoms with van der Waals surface area (Å²) in [4.78, 5) is 25.6. The number of carbonyl (C=O) groups excluding carboxylic acids is 2. The van der Waals surface area contributed by atoms with Crippen LogP contribution in [-0.2, 0) is 32.0 Å². The SMILES string of the molecule is C[C@@H](NC(=O)Cc1ccc(C(F)(F)F)cc1)C(=O)N1CCS(=O)(=O)CC1. The van der Waals surface area contributed by atoms with Crippen molar-refractivity contribution in [2.24, 2.45) is 0 Å². The predicted octanol–water partition coefficient (Wildman–Crippen LogP) is 1.01. The van der Waals surface area contributed by atoms with Gasteiger partial charge in [0.1, 0.15) is 6.04 Å². The van der Waals surface area contributed by atoms with Gasteiger partial charge in [-0.2, -0.15) is 13.2 Å². The predicted molar refractivity (Wildman–Crippen MR) is 88.0 cm³/mol. The van der Waals surface area contributed by atoms with E-state index in [9.17, 15) is 31.2 Å². The summed E-state index contributed by atoms with van der Waals surface area (Å²) in [5.41, 5.74) is -0.413. The fourth-order valence-corrected chi connectivity index (χ4v) is 3.76. The molecule has 0 saturated carbocycles.